The molecule has 112 heavy (non-hydrogen) atoms. The van der Waals surface area contributed by atoms with Gasteiger partial charge in [-0.1, -0.05) is 295 Å². The van der Waals surface area contributed by atoms with Crippen molar-refractivity contribution in [3.8, 4) is 90.0 Å². The lowest BCUT2D eigenvalue weighted by Gasteiger charge is -2.26. The highest BCUT2D eigenvalue weighted by molar-refractivity contribution is 6.14. The van der Waals surface area contributed by atoms with Crippen molar-refractivity contribution in [1.82, 2.24) is 24.1 Å². The van der Waals surface area contributed by atoms with Gasteiger partial charge in [0.25, 0.3) is 0 Å². The Hall–Kier alpha value is -14.3. The van der Waals surface area contributed by atoms with Crippen molar-refractivity contribution >= 4 is 77.7 Å². The second kappa shape index (κ2) is 27.4. The maximum absolute atomic E-state index is 5.22. The first-order valence-corrected chi connectivity index (χ1v) is 38.6. The minimum atomic E-state index is -0.173. The number of aromatic nitrogens is 5. The maximum atomic E-state index is 5.22. The van der Waals surface area contributed by atoms with Crippen LogP contribution in [0.25, 0.3) is 134 Å². The number of hydrogen-bond acceptors (Lipinski definition) is 5. The SMILES string of the molecule is CC1(C)c2ccccc2-c2cc3c4cc(-c5ccc(N(c6ccc(-c7ccccc7)cc6)c6ccc(-c7ccccc7)cc6)cc5)ccc4n(-c4ccccc4)c3cc21.CC1(C)c2ccccc2-c2cc3c4cc(N(c5ccccc5)c5ccccc5)ccc4n(-c4nc(-c5ccccc5)nc(-c5ccccc5)n4)c3cc21. The molecule has 2 aliphatic carbocycles. The number of para-hydroxylation sites is 3. The fourth-order valence-corrected chi connectivity index (χ4v) is 17.4. The van der Waals surface area contributed by atoms with Gasteiger partial charge in [0.15, 0.2) is 11.6 Å². The molecule has 0 N–H and O–H groups in total. The molecule has 0 unspecified atom stereocenters. The zero-order valence-electron chi connectivity index (χ0n) is 62.7. The monoisotopic (exact) mass is 1440 g/mol. The zero-order valence-corrected chi connectivity index (χ0v) is 62.7. The summed E-state index contributed by atoms with van der Waals surface area (Å²) >= 11 is 0. The third kappa shape index (κ3) is 11.6. The second-order valence-corrected chi connectivity index (χ2v) is 30.3. The smallest absolute Gasteiger partial charge is 0.238 e. The first kappa shape index (κ1) is 67.1. The molecule has 0 spiro atoms. The van der Waals surface area contributed by atoms with Crippen molar-refractivity contribution in [2.24, 2.45) is 0 Å². The molecule has 0 radical (unpaired) electrons. The van der Waals surface area contributed by atoms with Crippen LogP contribution in [0.15, 0.2) is 394 Å². The van der Waals surface area contributed by atoms with Crippen molar-refractivity contribution in [2.45, 2.75) is 38.5 Å². The van der Waals surface area contributed by atoms with Gasteiger partial charge in [-0.25, -0.2) is 4.98 Å². The van der Waals surface area contributed by atoms with Crippen LogP contribution in [0, 0.1) is 0 Å². The van der Waals surface area contributed by atoms with Gasteiger partial charge in [0.1, 0.15) is 0 Å². The van der Waals surface area contributed by atoms with Crippen molar-refractivity contribution in [1.29, 1.82) is 0 Å². The number of rotatable bonds is 13. The summed E-state index contributed by atoms with van der Waals surface area (Å²) in [5.41, 5.74) is 31.8. The molecule has 0 saturated heterocycles. The molecule has 19 aromatic rings. The van der Waals surface area contributed by atoms with E-state index in [2.05, 4.69) is 405 Å². The van der Waals surface area contributed by atoms with Crippen molar-refractivity contribution < 1.29 is 0 Å². The van der Waals surface area contributed by atoms with Gasteiger partial charge >= 0.3 is 0 Å². The Morgan fingerprint density at radius 2 is 0.527 bits per heavy atom. The van der Waals surface area contributed by atoms with Crippen molar-refractivity contribution in [3.05, 3.63) is 417 Å². The topological polar surface area (TPSA) is 55.0 Å². The average Bonchev–Trinajstić information content (AvgIpc) is 1.56. The molecule has 7 heteroatoms. The van der Waals surface area contributed by atoms with Gasteiger partial charge in [0.05, 0.1) is 22.1 Å². The van der Waals surface area contributed by atoms with Gasteiger partial charge in [0.2, 0.25) is 5.95 Å². The molecule has 0 saturated carbocycles. The lowest BCUT2D eigenvalue weighted by molar-refractivity contribution is 0.661. The summed E-state index contributed by atoms with van der Waals surface area (Å²) in [6.07, 6.45) is 0. The fraction of sp³-hybridized carbons (Fsp3) is 0.0571. The minimum Gasteiger partial charge on any atom is -0.311 e. The number of benzene rings is 16. The normalized spacial score (nSPS) is 12.8. The van der Waals surface area contributed by atoms with E-state index in [1.807, 2.05) is 36.4 Å². The van der Waals surface area contributed by atoms with Gasteiger partial charge in [0, 0.05) is 83.3 Å². The number of fused-ring (bicyclic) bond motifs is 12. The fourth-order valence-electron chi connectivity index (χ4n) is 17.4. The third-order valence-corrected chi connectivity index (χ3v) is 23.0. The molecule has 532 valence electrons. The van der Waals surface area contributed by atoms with E-state index < -0.39 is 0 Å². The van der Waals surface area contributed by atoms with Gasteiger partial charge in [-0.15, -0.1) is 0 Å². The second-order valence-electron chi connectivity index (χ2n) is 30.3. The molecule has 0 fully saturated rings. The van der Waals surface area contributed by atoms with Gasteiger partial charge in [-0.2, -0.15) is 9.97 Å². The molecule has 16 aromatic carbocycles. The van der Waals surface area contributed by atoms with E-state index in [-0.39, 0.29) is 10.8 Å². The van der Waals surface area contributed by atoms with Crippen molar-refractivity contribution in [2.75, 3.05) is 9.80 Å². The van der Waals surface area contributed by atoms with Crippen LogP contribution in [0.4, 0.5) is 34.1 Å². The molecule has 3 heterocycles. The molecule has 0 amide bonds. The Kier molecular flexibility index (Phi) is 16.4. The molecule has 2 aliphatic rings. The Morgan fingerprint density at radius 1 is 0.214 bits per heavy atom. The van der Waals surface area contributed by atoms with E-state index in [1.165, 1.54) is 105 Å². The highest BCUT2D eigenvalue weighted by atomic mass is 15.2. The Bertz CT molecular complexity index is 6560. The first-order chi connectivity index (χ1) is 55.1. The summed E-state index contributed by atoms with van der Waals surface area (Å²) in [7, 11) is 0. The zero-order chi connectivity index (χ0) is 75.0. The Morgan fingerprint density at radius 3 is 0.982 bits per heavy atom. The van der Waals surface area contributed by atoms with Crippen LogP contribution < -0.4 is 9.80 Å². The van der Waals surface area contributed by atoms with Crippen LogP contribution in [-0.2, 0) is 10.8 Å². The number of anilines is 6. The molecule has 21 rings (SSSR count). The Balaban J connectivity index is 0.000000147. The molecule has 0 atom stereocenters. The van der Waals surface area contributed by atoms with E-state index >= 15 is 0 Å². The lowest BCUT2D eigenvalue weighted by atomic mass is 9.82. The summed E-state index contributed by atoms with van der Waals surface area (Å²) in [5, 5.41) is 4.81. The molecule has 7 nitrogen and oxygen atoms in total. The molecule has 0 aliphatic heterocycles. The van der Waals surface area contributed by atoms with Gasteiger partial charge in [-0.05, 0) is 205 Å². The standard InChI is InChI=1S/C57H42N2.C48H35N5/c1-57(2)53-21-13-12-20-49(53)50-37-52-51-36-44(28-35-55(51)59(56(52)38-54(50)57)45-18-10-5-11-19-45)43-26-33-48(34-27-43)58(46-29-22-41(23-30-46)39-14-6-3-7-15-39)47-31-24-42(25-32-47)40-16-8-4-9-17-40;1-48(2)41-26-16-15-25-37(41)38-30-40-39-29-36(52(34-21-11-5-12-22-34)35-23-13-6-14-24-35)27-28-43(39)53(44(40)31-42(38)48)47-50-45(32-17-7-3-8-18-32)49-46(51-47)33-19-9-4-10-20-33/h3-38H,1-2H3;3-31H,1-2H3. The lowest BCUT2D eigenvalue weighted by Crippen LogP contribution is -2.15. The predicted octanol–water partition coefficient (Wildman–Crippen LogP) is 27.6. The quantitative estimate of drug-likeness (QED) is 0.115. The van der Waals surface area contributed by atoms with Crippen LogP contribution in [0.5, 0.6) is 0 Å². The maximum Gasteiger partial charge on any atom is 0.238 e. The molecular weight excluding hydrogens is 1360 g/mol. The summed E-state index contributed by atoms with van der Waals surface area (Å²) in [4.78, 5) is 20.1. The summed E-state index contributed by atoms with van der Waals surface area (Å²) < 4.78 is 4.69. The van der Waals surface area contributed by atoms with Gasteiger partial charge in [-0.3, -0.25) is 4.57 Å². The van der Waals surface area contributed by atoms with Crippen LogP contribution in [0.3, 0.4) is 0 Å². The molecule has 3 aromatic heterocycles. The average molecular weight is 1440 g/mol. The number of nitrogens with zero attached hydrogens (tertiary/aromatic N) is 7. The van der Waals surface area contributed by atoms with Gasteiger partial charge < -0.3 is 14.4 Å². The van der Waals surface area contributed by atoms with E-state index in [9.17, 15) is 0 Å². The number of hydrogen-bond donors (Lipinski definition) is 0. The minimum absolute atomic E-state index is 0.0766. The van der Waals surface area contributed by atoms with Crippen LogP contribution in [-0.4, -0.2) is 24.1 Å². The molecular formula is C105H77N7. The van der Waals surface area contributed by atoms with Crippen LogP contribution in [0.1, 0.15) is 49.9 Å². The van der Waals surface area contributed by atoms with Crippen LogP contribution in [0.2, 0.25) is 0 Å². The summed E-state index contributed by atoms with van der Waals surface area (Å²) in [6.45, 7) is 9.38. The van der Waals surface area contributed by atoms with E-state index in [0.29, 0.717) is 17.6 Å². The largest absolute Gasteiger partial charge is 0.311 e. The first-order valence-electron chi connectivity index (χ1n) is 38.6. The molecule has 0 bridgehead atoms. The van der Waals surface area contributed by atoms with E-state index in [0.717, 1.165) is 67.1 Å². The predicted molar refractivity (Wildman–Crippen MR) is 467 cm³/mol. The van der Waals surface area contributed by atoms with Crippen molar-refractivity contribution in [3.63, 3.8) is 0 Å². The summed E-state index contributed by atoms with van der Waals surface area (Å²) in [6, 6.07) is 141. The van der Waals surface area contributed by atoms with E-state index in [4.69, 9.17) is 15.0 Å². The summed E-state index contributed by atoms with van der Waals surface area (Å²) in [5.74, 6) is 1.85. The highest BCUT2D eigenvalue weighted by Gasteiger charge is 2.38. The van der Waals surface area contributed by atoms with E-state index in [1.54, 1.807) is 0 Å². The Labute approximate surface area is 652 Å². The third-order valence-electron chi connectivity index (χ3n) is 23.0. The highest BCUT2D eigenvalue weighted by Crippen LogP contribution is 2.54. The van der Waals surface area contributed by atoms with Crippen LogP contribution >= 0.6 is 0 Å².